The van der Waals surface area contributed by atoms with Gasteiger partial charge in [0.1, 0.15) is 24.3 Å². The number of likely N-dealkylation sites (N-methyl/N-ethyl adjacent to an activating group) is 1. The van der Waals surface area contributed by atoms with Crippen LogP contribution in [0.2, 0.25) is 0 Å². The highest BCUT2D eigenvalue weighted by Crippen LogP contribution is 2.23. The van der Waals surface area contributed by atoms with Gasteiger partial charge < -0.3 is 10.1 Å². The number of nitrogens with one attached hydrogen (secondary N) is 1. The van der Waals surface area contributed by atoms with Crippen LogP contribution in [0.3, 0.4) is 0 Å². The van der Waals surface area contributed by atoms with Crippen LogP contribution >= 0.6 is 0 Å². The summed E-state index contributed by atoms with van der Waals surface area (Å²) in [5.41, 5.74) is 0.889. The van der Waals surface area contributed by atoms with Crippen molar-refractivity contribution >= 4 is 17.7 Å². The number of rotatable bonds is 10. The monoisotopic (exact) mass is 484 g/mol. The maximum absolute atomic E-state index is 13.5. The van der Waals surface area contributed by atoms with Crippen LogP contribution in [0.5, 0.6) is 0 Å². The first-order valence-corrected chi connectivity index (χ1v) is 11.7. The Kier molecular flexibility index (Phi) is 9.66. The van der Waals surface area contributed by atoms with Crippen LogP contribution in [-0.4, -0.2) is 48.8 Å². The Hall–Kier alpha value is -3.39. The molecule has 0 saturated heterocycles. The maximum Gasteiger partial charge on any atom is 0.330 e. The van der Waals surface area contributed by atoms with Crippen molar-refractivity contribution in [2.45, 2.75) is 44.2 Å². The molecule has 1 fully saturated rings. The van der Waals surface area contributed by atoms with Gasteiger partial charge in [-0.1, -0.05) is 31.4 Å². The third-order valence-corrected chi connectivity index (χ3v) is 6.01. The molecule has 1 saturated carbocycles. The molecular formula is C27H30F2N2O4. The second-order valence-electron chi connectivity index (χ2n) is 8.65. The number of esters is 1. The summed E-state index contributed by atoms with van der Waals surface area (Å²) >= 11 is 0. The summed E-state index contributed by atoms with van der Waals surface area (Å²) in [6.07, 6.45) is 7.28. The van der Waals surface area contributed by atoms with Gasteiger partial charge in [0.15, 0.2) is 5.78 Å². The number of hydrogen-bond acceptors (Lipinski definition) is 5. The van der Waals surface area contributed by atoms with E-state index in [1.54, 1.807) is 24.1 Å². The van der Waals surface area contributed by atoms with Gasteiger partial charge in [0, 0.05) is 24.2 Å². The summed E-state index contributed by atoms with van der Waals surface area (Å²) in [5, 5.41) is 3.11. The molecule has 1 N–H and O–H groups in total. The van der Waals surface area contributed by atoms with Crippen molar-refractivity contribution in [3.8, 4) is 0 Å². The fourth-order valence-electron chi connectivity index (χ4n) is 4.10. The quantitative estimate of drug-likeness (QED) is 0.308. The van der Waals surface area contributed by atoms with Crippen molar-refractivity contribution in [1.29, 1.82) is 0 Å². The third kappa shape index (κ3) is 8.10. The van der Waals surface area contributed by atoms with Gasteiger partial charge in [-0.25, -0.2) is 13.6 Å². The van der Waals surface area contributed by atoms with E-state index in [1.165, 1.54) is 30.7 Å². The Bertz CT molecular complexity index is 1030. The Morgan fingerprint density at radius 1 is 0.971 bits per heavy atom. The van der Waals surface area contributed by atoms with Crippen molar-refractivity contribution in [2.75, 3.05) is 20.2 Å². The highest BCUT2D eigenvalue weighted by atomic mass is 19.1. The molecule has 1 amide bonds. The highest BCUT2D eigenvalue weighted by Gasteiger charge is 2.27. The lowest BCUT2D eigenvalue weighted by Crippen LogP contribution is -2.44. The number of carbonyl (C=O) groups is 3. The Morgan fingerprint density at radius 3 is 2.20 bits per heavy atom. The van der Waals surface area contributed by atoms with Crippen LogP contribution in [0.15, 0.2) is 60.7 Å². The SMILES string of the molecule is CN(CCOC(=O)C=CC(=O)c1ccc(F)cc1)C(C(=O)NC1CCCCC1)c1ccc(F)cc1. The highest BCUT2D eigenvalue weighted by molar-refractivity contribution is 6.06. The number of nitrogens with zero attached hydrogens (tertiary/aromatic N) is 1. The zero-order valence-corrected chi connectivity index (χ0v) is 19.7. The van der Waals surface area contributed by atoms with E-state index in [1.807, 2.05) is 0 Å². The molecule has 2 aromatic carbocycles. The van der Waals surface area contributed by atoms with E-state index in [0.29, 0.717) is 5.56 Å². The molecule has 6 nitrogen and oxygen atoms in total. The zero-order chi connectivity index (χ0) is 25.2. The van der Waals surface area contributed by atoms with Crippen LogP contribution in [0.4, 0.5) is 8.78 Å². The molecule has 0 heterocycles. The van der Waals surface area contributed by atoms with Gasteiger partial charge in [-0.05, 0) is 67.9 Å². The second-order valence-corrected chi connectivity index (χ2v) is 8.65. The summed E-state index contributed by atoms with van der Waals surface area (Å²) < 4.78 is 31.6. The molecule has 35 heavy (non-hydrogen) atoms. The van der Waals surface area contributed by atoms with E-state index < -0.39 is 29.4 Å². The molecule has 0 bridgehead atoms. The van der Waals surface area contributed by atoms with Crippen LogP contribution in [-0.2, 0) is 14.3 Å². The molecule has 186 valence electrons. The minimum absolute atomic E-state index is 0.0151. The number of ether oxygens (including phenoxy) is 1. The van der Waals surface area contributed by atoms with Gasteiger partial charge in [0.25, 0.3) is 0 Å². The Labute approximate surface area is 204 Å². The molecule has 0 radical (unpaired) electrons. The van der Waals surface area contributed by atoms with Crippen molar-refractivity contribution in [2.24, 2.45) is 0 Å². The maximum atomic E-state index is 13.5. The largest absolute Gasteiger partial charge is 0.461 e. The standard InChI is InChI=1S/C27H30F2N2O4/c1-31(17-18-35-25(33)16-15-24(32)19-7-11-21(28)12-8-19)26(20-9-13-22(29)14-10-20)27(34)30-23-5-3-2-4-6-23/h7-16,23,26H,2-6,17-18H2,1H3,(H,30,34). The van der Waals surface area contributed by atoms with E-state index in [9.17, 15) is 23.2 Å². The smallest absolute Gasteiger partial charge is 0.330 e. The molecule has 1 atom stereocenters. The molecule has 8 heteroatoms. The second kappa shape index (κ2) is 12.9. The van der Waals surface area contributed by atoms with Crippen LogP contribution < -0.4 is 5.32 Å². The number of benzene rings is 2. The van der Waals surface area contributed by atoms with E-state index in [-0.39, 0.29) is 30.7 Å². The summed E-state index contributed by atoms with van der Waals surface area (Å²) in [4.78, 5) is 39.0. The number of carbonyl (C=O) groups excluding carboxylic acids is 3. The summed E-state index contributed by atoms with van der Waals surface area (Å²) in [5.74, 6) is -2.19. The van der Waals surface area contributed by atoms with Crippen LogP contribution in [0, 0.1) is 11.6 Å². The van der Waals surface area contributed by atoms with Gasteiger partial charge in [0.2, 0.25) is 5.91 Å². The fourth-order valence-corrected chi connectivity index (χ4v) is 4.10. The van der Waals surface area contributed by atoms with Gasteiger partial charge in [0.05, 0.1) is 0 Å². The number of ketones is 1. The number of allylic oxidation sites excluding steroid dienone is 1. The average molecular weight is 485 g/mol. The summed E-state index contributed by atoms with van der Waals surface area (Å²) in [6.45, 7) is 0.227. The lowest BCUT2D eigenvalue weighted by Gasteiger charge is -2.30. The van der Waals surface area contributed by atoms with Crippen LogP contribution in [0.1, 0.15) is 54.1 Å². The number of hydrogen-bond donors (Lipinski definition) is 1. The predicted octanol–water partition coefficient (Wildman–Crippen LogP) is 4.37. The Morgan fingerprint density at radius 2 is 1.57 bits per heavy atom. The molecule has 2 aromatic rings. The summed E-state index contributed by atoms with van der Waals surface area (Å²) in [7, 11) is 1.73. The van der Waals surface area contributed by atoms with Crippen molar-refractivity contribution < 1.29 is 27.9 Å². The minimum atomic E-state index is -0.709. The molecule has 0 spiro atoms. The zero-order valence-electron chi connectivity index (χ0n) is 19.7. The predicted molar refractivity (Wildman–Crippen MR) is 128 cm³/mol. The lowest BCUT2D eigenvalue weighted by molar-refractivity contribution is -0.138. The topological polar surface area (TPSA) is 75.7 Å². The lowest BCUT2D eigenvalue weighted by atomic mass is 9.94. The molecular weight excluding hydrogens is 454 g/mol. The molecule has 1 aliphatic carbocycles. The van der Waals surface area contributed by atoms with E-state index in [0.717, 1.165) is 50.0 Å². The van der Waals surface area contributed by atoms with Gasteiger partial charge in [-0.3, -0.25) is 14.5 Å². The molecule has 1 unspecified atom stereocenters. The molecule has 0 aliphatic heterocycles. The van der Waals surface area contributed by atoms with Gasteiger partial charge >= 0.3 is 5.97 Å². The van der Waals surface area contributed by atoms with Crippen molar-refractivity contribution in [1.82, 2.24) is 10.2 Å². The van der Waals surface area contributed by atoms with E-state index >= 15 is 0 Å². The van der Waals surface area contributed by atoms with Crippen molar-refractivity contribution in [3.63, 3.8) is 0 Å². The molecule has 3 rings (SSSR count). The summed E-state index contributed by atoms with van der Waals surface area (Å²) in [6, 6.07) is 10.2. The number of halogens is 2. The van der Waals surface area contributed by atoms with Gasteiger partial charge in [-0.15, -0.1) is 0 Å². The first-order valence-electron chi connectivity index (χ1n) is 11.7. The first-order chi connectivity index (χ1) is 16.8. The fraction of sp³-hybridized carbons (Fsp3) is 0.370. The number of amides is 1. The van der Waals surface area contributed by atoms with Crippen molar-refractivity contribution in [3.05, 3.63) is 83.4 Å². The van der Waals surface area contributed by atoms with E-state index in [4.69, 9.17) is 4.74 Å². The van der Waals surface area contributed by atoms with E-state index in [2.05, 4.69) is 5.32 Å². The molecule has 0 aromatic heterocycles. The minimum Gasteiger partial charge on any atom is -0.461 e. The van der Waals surface area contributed by atoms with Gasteiger partial charge in [-0.2, -0.15) is 0 Å². The van der Waals surface area contributed by atoms with Crippen LogP contribution in [0.25, 0.3) is 0 Å². The normalized spacial score (nSPS) is 15.2. The third-order valence-electron chi connectivity index (χ3n) is 6.01. The molecule has 1 aliphatic rings. The first kappa shape index (κ1) is 26.2. The Balaban J connectivity index is 1.56. The average Bonchev–Trinajstić information content (AvgIpc) is 2.85.